The molecule has 0 saturated heterocycles. The van der Waals surface area contributed by atoms with Crippen molar-refractivity contribution >= 4 is 16.5 Å². The molecule has 4 rings (SSSR count). The molecule has 1 saturated carbocycles. The number of para-hydroxylation sites is 1. The Morgan fingerprint density at radius 2 is 2.04 bits per heavy atom. The number of nitrogens with one attached hydrogen (secondary N) is 2. The highest BCUT2D eigenvalue weighted by atomic mass is 19.3. The van der Waals surface area contributed by atoms with Gasteiger partial charge in [0.15, 0.2) is 0 Å². The molecule has 0 bridgehead atoms. The number of hydrogen-bond donors (Lipinski definition) is 2. The van der Waals surface area contributed by atoms with Crippen molar-refractivity contribution in [1.82, 2.24) is 15.4 Å². The van der Waals surface area contributed by atoms with E-state index in [0.717, 1.165) is 23.7 Å². The minimum atomic E-state index is -2.60. The van der Waals surface area contributed by atoms with Crippen LogP contribution < -0.4 is 10.9 Å². The maximum Gasteiger partial charge on any atom is 0.279 e. The first kappa shape index (κ1) is 13.8. The first-order valence-electron chi connectivity index (χ1n) is 7.45. The van der Waals surface area contributed by atoms with Crippen LogP contribution in [0.5, 0.6) is 0 Å². The van der Waals surface area contributed by atoms with Crippen LogP contribution in [0.15, 0.2) is 42.2 Å². The summed E-state index contributed by atoms with van der Waals surface area (Å²) in [4.78, 5) is 0. The maximum atomic E-state index is 13.0. The number of benzene rings is 1. The molecule has 2 aromatic rings. The van der Waals surface area contributed by atoms with Crippen LogP contribution in [-0.4, -0.2) is 11.0 Å². The minimum Gasteiger partial charge on any atom is -0.336 e. The van der Waals surface area contributed by atoms with E-state index in [4.69, 9.17) is 0 Å². The lowest BCUT2D eigenvalue weighted by Gasteiger charge is -2.19. The van der Waals surface area contributed by atoms with Crippen LogP contribution in [0, 0.1) is 11.3 Å². The van der Waals surface area contributed by atoms with E-state index in [1.54, 1.807) is 6.20 Å². The van der Waals surface area contributed by atoms with Gasteiger partial charge in [-0.1, -0.05) is 18.2 Å². The Bertz CT molecular complexity index is 882. The number of nitrogens with zero attached hydrogens (tertiary/aromatic N) is 2. The van der Waals surface area contributed by atoms with Crippen molar-refractivity contribution in [2.75, 3.05) is 0 Å². The van der Waals surface area contributed by atoms with Crippen LogP contribution in [0.25, 0.3) is 16.5 Å². The van der Waals surface area contributed by atoms with Crippen LogP contribution in [0.2, 0.25) is 0 Å². The lowest BCUT2D eigenvalue weighted by molar-refractivity contribution is 0.177. The second kappa shape index (κ2) is 5.13. The second-order valence-corrected chi connectivity index (χ2v) is 5.72. The van der Waals surface area contributed by atoms with Gasteiger partial charge in [-0.2, -0.15) is 5.26 Å². The summed E-state index contributed by atoms with van der Waals surface area (Å²) in [7, 11) is 0. The van der Waals surface area contributed by atoms with E-state index in [9.17, 15) is 14.0 Å². The molecule has 116 valence electrons. The van der Waals surface area contributed by atoms with Crippen LogP contribution in [0.1, 0.15) is 30.1 Å². The maximum absolute atomic E-state index is 13.0. The Labute approximate surface area is 131 Å². The number of hydrogen-bond acceptors (Lipinski definition) is 3. The highest BCUT2D eigenvalue weighted by Crippen LogP contribution is 2.43. The highest BCUT2D eigenvalue weighted by Gasteiger charge is 2.31. The molecule has 1 aliphatic heterocycles. The van der Waals surface area contributed by atoms with Crippen molar-refractivity contribution in [3.05, 3.63) is 53.5 Å². The van der Waals surface area contributed by atoms with E-state index in [1.807, 2.05) is 24.3 Å². The predicted octanol–water partition coefficient (Wildman–Crippen LogP) is 3.45. The molecule has 6 heteroatoms. The number of nitriles is 1. The number of halogens is 2. The summed E-state index contributed by atoms with van der Waals surface area (Å²) in [6.07, 6.45) is 2.52. The molecule has 23 heavy (non-hydrogen) atoms. The van der Waals surface area contributed by atoms with E-state index < -0.39 is 6.43 Å². The normalized spacial score (nSPS) is 17.3. The van der Waals surface area contributed by atoms with Gasteiger partial charge in [0, 0.05) is 23.2 Å². The lowest BCUT2D eigenvalue weighted by Crippen LogP contribution is -2.32. The van der Waals surface area contributed by atoms with Crippen LogP contribution in [0.3, 0.4) is 0 Å². The van der Waals surface area contributed by atoms with Crippen molar-refractivity contribution in [3.8, 4) is 6.07 Å². The molecule has 0 unspecified atom stereocenters. The van der Waals surface area contributed by atoms with E-state index >= 15 is 0 Å². The number of hydrazine groups is 1. The van der Waals surface area contributed by atoms with Crippen molar-refractivity contribution in [3.63, 3.8) is 0 Å². The van der Waals surface area contributed by atoms with Gasteiger partial charge in [-0.15, -0.1) is 0 Å². The van der Waals surface area contributed by atoms with Gasteiger partial charge in [0.25, 0.3) is 6.43 Å². The number of allylic oxidation sites excluding steroid dienone is 3. The van der Waals surface area contributed by atoms with Gasteiger partial charge in [0.1, 0.15) is 6.07 Å². The van der Waals surface area contributed by atoms with Gasteiger partial charge < -0.3 is 9.99 Å². The SMILES string of the molecule is N#Cc1c(C2=CNNC(C(F)F)=C2)n(C2CC2)c2ccccc12. The first-order valence-corrected chi connectivity index (χ1v) is 7.45. The smallest absolute Gasteiger partial charge is 0.279 e. The molecule has 0 atom stereocenters. The molecular formula is C17H14F2N4. The number of fused-ring (bicyclic) bond motifs is 1. The topological polar surface area (TPSA) is 52.8 Å². The summed E-state index contributed by atoms with van der Waals surface area (Å²) in [5.41, 5.74) is 7.74. The Hall–Kier alpha value is -2.81. The molecule has 1 fully saturated rings. The van der Waals surface area contributed by atoms with Crippen LogP contribution in [0.4, 0.5) is 8.78 Å². The Morgan fingerprint density at radius 1 is 1.26 bits per heavy atom. The lowest BCUT2D eigenvalue weighted by atomic mass is 10.1. The van der Waals surface area contributed by atoms with Gasteiger partial charge in [0.2, 0.25) is 0 Å². The molecule has 4 nitrogen and oxygen atoms in total. The molecule has 1 aromatic carbocycles. The number of aromatic nitrogens is 1. The molecule has 0 spiro atoms. The standard InChI is InChI=1S/C17H14F2N4/c18-17(19)14-7-10(9-21-22-14)16-13(8-20)12-3-1-2-4-15(12)23(16)11-5-6-11/h1-4,7,9,11,17,21-22H,5-6H2. The average molecular weight is 312 g/mol. The minimum absolute atomic E-state index is 0.195. The van der Waals surface area contributed by atoms with Crippen molar-refractivity contribution in [2.45, 2.75) is 25.3 Å². The van der Waals surface area contributed by atoms with Gasteiger partial charge in [-0.3, -0.25) is 5.43 Å². The molecule has 0 radical (unpaired) electrons. The third-order valence-electron chi connectivity index (χ3n) is 4.20. The van der Waals surface area contributed by atoms with Crippen molar-refractivity contribution in [2.24, 2.45) is 0 Å². The summed E-state index contributed by atoms with van der Waals surface area (Å²) in [6.45, 7) is 0. The molecule has 2 N–H and O–H groups in total. The fourth-order valence-electron chi connectivity index (χ4n) is 3.07. The molecule has 2 aliphatic rings. The summed E-state index contributed by atoms with van der Waals surface area (Å²) < 4.78 is 28.1. The van der Waals surface area contributed by atoms with Crippen LogP contribution >= 0.6 is 0 Å². The monoisotopic (exact) mass is 312 g/mol. The molecule has 1 aliphatic carbocycles. The van der Waals surface area contributed by atoms with Gasteiger partial charge in [-0.05, 0) is 25.0 Å². The zero-order chi connectivity index (χ0) is 16.0. The highest BCUT2D eigenvalue weighted by molar-refractivity contribution is 5.94. The molecule has 0 amide bonds. The predicted molar refractivity (Wildman–Crippen MR) is 83.3 cm³/mol. The van der Waals surface area contributed by atoms with Crippen molar-refractivity contribution < 1.29 is 8.78 Å². The zero-order valence-electron chi connectivity index (χ0n) is 12.2. The van der Waals surface area contributed by atoms with E-state index in [-0.39, 0.29) is 5.70 Å². The summed E-state index contributed by atoms with van der Waals surface area (Å²) >= 11 is 0. The third-order valence-corrected chi connectivity index (χ3v) is 4.20. The van der Waals surface area contributed by atoms with E-state index in [1.165, 1.54) is 6.08 Å². The fraction of sp³-hybridized carbons (Fsp3) is 0.235. The Kier molecular flexibility index (Phi) is 3.08. The quantitative estimate of drug-likeness (QED) is 0.913. The van der Waals surface area contributed by atoms with Gasteiger partial charge in [0.05, 0.1) is 22.5 Å². The fourth-order valence-corrected chi connectivity index (χ4v) is 3.07. The zero-order valence-corrected chi connectivity index (χ0v) is 12.2. The van der Waals surface area contributed by atoms with E-state index in [2.05, 4.69) is 21.5 Å². The molecular weight excluding hydrogens is 298 g/mol. The van der Waals surface area contributed by atoms with Gasteiger partial charge in [-0.25, -0.2) is 8.78 Å². The van der Waals surface area contributed by atoms with Gasteiger partial charge >= 0.3 is 0 Å². The second-order valence-electron chi connectivity index (χ2n) is 5.72. The average Bonchev–Trinajstić information content (AvgIpc) is 3.35. The number of alkyl halides is 2. The Morgan fingerprint density at radius 3 is 2.74 bits per heavy atom. The molecule has 2 heterocycles. The third kappa shape index (κ3) is 2.16. The van der Waals surface area contributed by atoms with Crippen LogP contribution in [-0.2, 0) is 0 Å². The summed E-state index contributed by atoms with van der Waals surface area (Å²) in [6, 6.07) is 10.3. The largest absolute Gasteiger partial charge is 0.336 e. The van der Waals surface area contributed by atoms with E-state index in [0.29, 0.717) is 22.9 Å². The summed E-state index contributed by atoms with van der Waals surface area (Å²) in [5, 5.41) is 10.5. The van der Waals surface area contributed by atoms with Crippen molar-refractivity contribution in [1.29, 1.82) is 5.26 Å². The number of rotatable bonds is 3. The molecule has 1 aromatic heterocycles. The Balaban J connectivity index is 1.98. The first-order chi connectivity index (χ1) is 11.2. The summed E-state index contributed by atoms with van der Waals surface area (Å²) in [5.74, 6) is 0.